The van der Waals surface area contributed by atoms with Gasteiger partial charge in [0.2, 0.25) is 0 Å². The minimum Gasteiger partial charge on any atom is -0.307 e. The van der Waals surface area contributed by atoms with E-state index in [2.05, 4.69) is 31.3 Å². The maximum absolute atomic E-state index is 12.3. The van der Waals surface area contributed by atoms with E-state index in [4.69, 9.17) is 0 Å². The summed E-state index contributed by atoms with van der Waals surface area (Å²) in [5.41, 5.74) is 2.07. The molecule has 0 radical (unpaired) electrons. The quantitative estimate of drug-likeness (QED) is 0.416. The Bertz CT molecular complexity index is 480. The molecule has 0 bridgehead atoms. The Hall–Kier alpha value is -0.800. The number of carbonyl (C=O) groups excluding carboxylic acids is 1. The fourth-order valence-corrected chi connectivity index (χ4v) is 4.06. The lowest BCUT2D eigenvalue weighted by molar-refractivity contribution is 0.0984. The second-order valence-corrected chi connectivity index (χ2v) is 7.46. The average molecular weight is 320 g/mol. The molecular formula is C19H29NOS. The number of ketones is 1. The molecule has 122 valence electrons. The van der Waals surface area contributed by atoms with E-state index in [1.807, 2.05) is 17.8 Å². The highest BCUT2D eigenvalue weighted by Gasteiger charge is 2.15. The minimum atomic E-state index is 0.221. The smallest absolute Gasteiger partial charge is 0.176 e. The summed E-state index contributed by atoms with van der Waals surface area (Å²) in [5, 5.41) is 3.44. The maximum atomic E-state index is 12.3. The Morgan fingerprint density at radius 2 is 2.05 bits per heavy atom. The number of hydrogen-bond donors (Lipinski definition) is 1. The molecule has 1 saturated carbocycles. The summed E-state index contributed by atoms with van der Waals surface area (Å²) < 4.78 is 0. The van der Waals surface area contributed by atoms with Crippen LogP contribution in [0.2, 0.25) is 0 Å². The molecule has 0 unspecified atom stereocenters. The lowest BCUT2D eigenvalue weighted by Crippen LogP contribution is -2.35. The number of carbonyl (C=O) groups is 1. The highest BCUT2D eigenvalue weighted by atomic mass is 32.2. The van der Waals surface area contributed by atoms with Gasteiger partial charge in [-0.25, -0.2) is 0 Å². The summed E-state index contributed by atoms with van der Waals surface area (Å²) in [7, 11) is 0. The number of unbranched alkanes of at least 4 members (excludes halogenated alkanes) is 1. The van der Waals surface area contributed by atoms with Crippen LogP contribution in [0.5, 0.6) is 0 Å². The van der Waals surface area contributed by atoms with E-state index in [9.17, 15) is 4.79 Å². The van der Waals surface area contributed by atoms with Crippen molar-refractivity contribution >= 4 is 17.5 Å². The Kier molecular flexibility index (Phi) is 7.47. The number of hydrogen-bond acceptors (Lipinski definition) is 3. The van der Waals surface area contributed by atoms with Gasteiger partial charge in [-0.3, -0.25) is 4.79 Å². The molecule has 1 fully saturated rings. The van der Waals surface area contributed by atoms with E-state index >= 15 is 0 Å². The monoisotopic (exact) mass is 319 g/mol. The van der Waals surface area contributed by atoms with Crippen molar-refractivity contribution in [3.05, 3.63) is 29.3 Å². The van der Waals surface area contributed by atoms with Crippen molar-refractivity contribution < 1.29 is 4.79 Å². The van der Waals surface area contributed by atoms with Crippen LogP contribution in [0, 0.1) is 6.92 Å². The second kappa shape index (κ2) is 9.36. The van der Waals surface area contributed by atoms with Gasteiger partial charge in [0.25, 0.3) is 0 Å². The van der Waals surface area contributed by atoms with Gasteiger partial charge in [0.05, 0.1) is 6.54 Å². The van der Waals surface area contributed by atoms with Crippen LogP contribution in [0.25, 0.3) is 0 Å². The van der Waals surface area contributed by atoms with Crippen LogP contribution in [-0.4, -0.2) is 24.1 Å². The van der Waals surface area contributed by atoms with Crippen LogP contribution >= 0.6 is 11.8 Å². The van der Waals surface area contributed by atoms with Crippen molar-refractivity contribution in [3.8, 4) is 0 Å². The zero-order chi connectivity index (χ0) is 15.8. The van der Waals surface area contributed by atoms with Crippen molar-refractivity contribution in [1.82, 2.24) is 5.32 Å². The fraction of sp³-hybridized carbons (Fsp3) is 0.632. The number of benzene rings is 1. The largest absolute Gasteiger partial charge is 0.307 e. The Morgan fingerprint density at radius 1 is 1.27 bits per heavy atom. The topological polar surface area (TPSA) is 29.1 Å². The van der Waals surface area contributed by atoms with Crippen LogP contribution in [0.15, 0.2) is 23.1 Å². The third-order valence-electron chi connectivity index (χ3n) is 4.41. The van der Waals surface area contributed by atoms with Crippen LogP contribution < -0.4 is 5.32 Å². The molecule has 0 saturated heterocycles. The first-order valence-electron chi connectivity index (χ1n) is 8.70. The normalized spacial score (nSPS) is 15.9. The number of thioether (sulfide) groups is 1. The van der Waals surface area contributed by atoms with Crippen molar-refractivity contribution in [2.24, 2.45) is 0 Å². The van der Waals surface area contributed by atoms with Gasteiger partial charge in [0.15, 0.2) is 5.78 Å². The van der Waals surface area contributed by atoms with Crippen LogP contribution in [-0.2, 0) is 0 Å². The molecular weight excluding hydrogens is 290 g/mol. The van der Waals surface area contributed by atoms with Gasteiger partial charge in [0, 0.05) is 16.5 Å². The molecule has 2 rings (SSSR count). The Morgan fingerprint density at radius 3 is 2.73 bits per heavy atom. The molecule has 22 heavy (non-hydrogen) atoms. The van der Waals surface area contributed by atoms with Crippen molar-refractivity contribution in [2.45, 2.75) is 69.7 Å². The molecule has 0 heterocycles. The number of aryl methyl sites for hydroxylation is 1. The molecule has 0 aliphatic heterocycles. The molecule has 1 aliphatic carbocycles. The molecule has 3 heteroatoms. The second-order valence-electron chi connectivity index (χ2n) is 6.32. The number of Topliss-reactive ketones (excluding diaryl/α,β-unsaturated/α-hetero) is 1. The molecule has 0 atom stereocenters. The predicted octanol–water partition coefficient (Wildman–Crippen LogP) is 4.99. The number of nitrogens with one attached hydrogen (secondary N) is 1. The first-order chi connectivity index (χ1) is 10.7. The number of rotatable bonds is 8. The van der Waals surface area contributed by atoms with E-state index in [-0.39, 0.29) is 5.78 Å². The minimum absolute atomic E-state index is 0.221. The van der Waals surface area contributed by atoms with Gasteiger partial charge in [-0.05, 0) is 49.6 Å². The van der Waals surface area contributed by atoms with Gasteiger partial charge >= 0.3 is 0 Å². The predicted molar refractivity (Wildman–Crippen MR) is 96.0 cm³/mol. The molecule has 0 amide bonds. The Balaban J connectivity index is 1.85. The van der Waals surface area contributed by atoms with Crippen LogP contribution in [0.3, 0.4) is 0 Å². The summed E-state index contributed by atoms with van der Waals surface area (Å²) in [5.74, 6) is 1.38. The van der Waals surface area contributed by atoms with Gasteiger partial charge in [-0.15, -0.1) is 11.8 Å². The SMILES string of the molecule is CCCCSc1ccc(C(=O)CNC2CCCCC2)cc1C. The van der Waals surface area contributed by atoms with Gasteiger partial charge in [0.1, 0.15) is 0 Å². The Labute approximate surface area is 139 Å². The van der Waals surface area contributed by atoms with Crippen LogP contribution in [0.1, 0.15) is 67.8 Å². The highest BCUT2D eigenvalue weighted by Crippen LogP contribution is 2.24. The fourth-order valence-electron chi connectivity index (χ4n) is 2.96. The van der Waals surface area contributed by atoms with Gasteiger partial charge < -0.3 is 5.32 Å². The first-order valence-corrected chi connectivity index (χ1v) is 9.69. The molecule has 1 aromatic rings. The average Bonchev–Trinajstić information content (AvgIpc) is 2.55. The lowest BCUT2D eigenvalue weighted by atomic mass is 9.95. The summed E-state index contributed by atoms with van der Waals surface area (Å²) in [6, 6.07) is 6.71. The van der Waals surface area contributed by atoms with E-state index < -0.39 is 0 Å². The first kappa shape index (κ1) is 17.6. The third-order valence-corrected chi connectivity index (χ3v) is 5.67. The van der Waals surface area contributed by atoms with Crippen molar-refractivity contribution in [2.75, 3.05) is 12.3 Å². The maximum Gasteiger partial charge on any atom is 0.176 e. The van der Waals surface area contributed by atoms with E-state index in [1.165, 1.54) is 55.4 Å². The summed E-state index contributed by atoms with van der Waals surface area (Å²) in [4.78, 5) is 13.7. The molecule has 1 aliphatic rings. The molecule has 0 spiro atoms. The summed E-state index contributed by atoms with van der Waals surface area (Å²) in [6.07, 6.45) is 8.87. The lowest BCUT2D eigenvalue weighted by Gasteiger charge is -2.22. The summed E-state index contributed by atoms with van der Waals surface area (Å²) >= 11 is 1.90. The van der Waals surface area contributed by atoms with Crippen molar-refractivity contribution in [3.63, 3.8) is 0 Å². The van der Waals surface area contributed by atoms with E-state index in [1.54, 1.807) is 0 Å². The zero-order valence-electron chi connectivity index (χ0n) is 14.0. The zero-order valence-corrected chi connectivity index (χ0v) is 14.8. The van der Waals surface area contributed by atoms with E-state index in [0.717, 1.165) is 11.3 Å². The highest BCUT2D eigenvalue weighted by molar-refractivity contribution is 7.99. The summed E-state index contributed by atoms with van der Waals surface area (Å²) in [6.45, 7) is 4.81. The van der Waals surface area contributed by atoms with Crippen molar-refractivity contribution in [1.29, 1.82) is 0 Å². The molecule has 0 aromatic heterocycles. The molecule has 1 aromatic carbocycles. The molecule has 1 N–H and O–H groups in total. The van der Waals surface area contributed by atoms with Gasteiger partial charge in [-0.2, -0.15) is 0 Å². The standard InChI is InChI=1S/C19H29NOS/c1-3-4-12-22-19-11-10-16(13-15(19)2)18(21)14-20-17-8-6-5-7-9-17/h10-11,13,17,20H,3-9,12,14H2,1-2H3. The van der Waals surface area contributed by atoms with E-state index in [0.29, 0.717) is 12.6 Å². The van der Waals surface area contributed by atoms with Crippen LogP contribution in [0.4, 0.5) is 0 Å². The molecule has 2 nitrogen and oxygen atoms in total. The third kappa shape index (κ3) is 5.44. The van der Waals surface area contributed by atoms with Gasteiger partial charge in [-0.1, -0.05) is 38.7 Å².